The Labute approximate surface area is 119 Å². The van der Waals surface area contributed by atoms with Gasteiger partial charge in [0.1, 0.15) is 5.54 Å². The highest BCUT2D eigenvalue weighted by Gasteiger charge is 2.46. The van der Waals surface area contributed by atoms with Crippen LogP contribution < -0.4 is 5.32 Å². The van der Waals surface area contributed by atoms with E-state index in [0.717, 1.165) is 25.8 Å². The van der Waals surface area contributed by atoms with Gasteiger partial charge in [-0.3, -0.25) is 4.79 Å². The van der Waals surface area contributed by atoms with Gasteiger partial charge >= 0.3 is 5.97 Å². The van der Waals surface area contributed by atoms with Crippen LogP contribution in [0.1, 0.15) is 33.1 Å². The lowest BCUT2D eigenvalue weighted by atomic mass is 9.98. The minimum atomic E-state index is -0.679. The topological polar surface area (TPSA) is 78.8 Å². The zero-order chi connectivity index (χ0) is 14.3. The fourth-order valence-electron chi connectivity index (χ4n) is 2.47. The molecule has 1 aliphatic rings. The average Bonchev–Trinajstić information content (AvgIpc) is 2.81. The van der Waals surface area contributed by atoms with Crippen molar-refractivity contribution in [2.45, 2.75) is 50.0 Å². The van der Waals surface area contributed by atoms with Crippen molar-refractivity contribution >= 4 is 17.7 Å². The number of hydrogen-bond donors (Lipinski definition) is 3. The monoisotopic (exact) mass is 291 g/mol. The molecule has 0 aromatic carbocycles. The fourth-order valence-corrected chi connectivity index (χ4v) is 3.75. The second kappa shape index (κ2) is 8.09. The molecule has 1 saturated carbocycles. The van der Waals surface area contributed by atoms with Crippen molar-refractivity contribution in [2.75, 3.05) is 25.5 Å². The van der Waals surface area contributed by atoms with Gasteiger partial charge in [0.15, 0.2) is 0 Å². The van der Waals surface area contributed by atoms with Gasteiger partial charge in [0.05, 0.1) is 19.3 Å². The SMILES string of the molecule is CCNC1(C(=O)OCC)CCC(SCC(O)CO)C1. The molecular formula is C13H25NO4S. The van der Waals surface area contributed by atoms with Crippen LogP contribution in [0.5, 0.6) is 0 Å². The standard InChI is InChI=1S/C13H25NO4S/c1-3-14-13(12(17)18-4-2)6-5-11(7-13)19-9-10(16)8-15/h10-11,14-16H,3-9H2,1-2H3. The van der Waals surface area contributed by atoms with Crippen LogP contribution in [0.2, 0.25) is 0 Å². The van der Waals surface area contributed by atoms with Crippen LogP contribution in [-0.2, 0) is 9.53 Å². The molecule has 1 rings (SSSR count). The third kappa shape index (κ3) is 4.63. The Morgan fingerprint density at radius 1 is 1.58 bits per heavy atom. The van der Waals surface area contributed by atoms with Crippen molar-refractivity contribution < 1.29 is 19.7 Å². The highest BCUT2D eigenvalue weighted by Crippen LogP contribution is 2.38. The maximum Gasteiger partial charge on any atom is 0.326 e. The van der Waals surface area contributed by atoms with Crippen LogP contribution >= 0.6 is 11.8 Å². The molecule has 6 heteroatoms. The number of aliphatic hydroxyl groups excluding tert-OH is 2. The maximum absolute atomic E-state index is 12.1. The van der Waals surface area contributed by atoms with Crippen molar-refractivity contribution in [1.82, 2.24) is 5.32 Å². The van der Waals surface area contributed by atoms with Gasteiger partial charge in [-0.2, -0.15) is 11.8 Å². The molecule has 112 valence electrons. The lowest BCUT2D eigenvalue weighted by molar-refractivity contribution is -0.151. The van der Waals surface area contributed by atoms with E-state index in [1.807, 2.05) is 13.8 Å². The van der Waals surface area contributed by atoms with E-state index in [4.69, 9.17) is 9.84 Å². The first kappa shape index (κ1) is 16.8. The summed E-state index contributed by atoms with van der Waals surface area (Å²) < 4.78 is 5.18. The number of hydrogen-bond acceptors (Lipinski definition) is 6. The van der Waals surface area contributed by atoms with E-state index in [1.54, 1.807) is 11.8 Å². The van der Waals surface area contributed by atoms with Crippen LogP contribution in [0.15, 0.2) is 0 Å². The van der Waals surface area contributed by atoms with Gasteiger partial charge in [-0.15, -0.1) is 0 Å². The van der Waals surface area contributed by atoms with Crippen molar-refractivity contribution in [3.63, 3.8) is 0 Å². The summed E-state index contributed by atoms with van der Waals surface area (Å²) in [7, 11) is 0. The van der Waals surface area contributed by atoms with Gasteiger partial charge in [-0.05, 0) is 32.7 Å². The molecule has 3 atom stereocenters. The predicted octanol–water partition coefficient (Wildman–Crippen LogP) is 0.537. The van der Waals surface area contributed by atoms with E-state index in [1.165, 1.54) is 0 Å². The maximum atomic E-state index is 12.1. The average molecular weight is 291 g/mol. The zero-order valence-corrected chi connectivity index (χ0v) is 12.5. The number of aliphatic hydroxyl groups is 2. The van der Waals surface area contributed by atoms with Crippen LogP contribution in [0, 0.1) is 0 Å². The summed E-state index contributed by atoms with van der Waals surface area (Å²) in [6.45, 7) is 4.71. The largest absolute Gasteiger partial charge is 0.465 e. The smallest absolute Gasteiger partial charge is 0.326 e. The summed E-state index contributed by atoms with van der Waals surface area (Å²) in [6.07, 6.45) is 1.74. The van der Waals surface area contributed by atoms with Gasteiger partial charge in [0, 0.05) is 11.0 Å². The number of rotatable bonds is 8. The first-order valence-corrected chi connectivity index (χ1v) is 7.95. The van der Waals surface area contributed by atoms with Crippen LogP contribution in [0.25, 0.3) is 0 Å². The number of carbonyl (C=O) groups excluding carboxylic acids is 1. The van der Waals surface area contributed by atoms with E-state index in [-0.39, 0.29) is 12.6 Å². The molecule has 0 aromatic rings. The Bertz CT molecular complexity index is 290. The highest BCUT2D eigenvalue weighted by molar-refractivity contribution is 7.99. The molecule has 0 bridgehead atoms. The molecule has 0 heterocycles. The summed E-state index contributed by atoms with van der Waals surface area (Å²) in [5.41, 5.74) is -0.563. The fraction of sp³-hybridized carbons (Fsp3) is 0.923. The molecule has 5 nitrogen and oxygen atoms in total. The molecule has 1 fully saturated rings. The van der Waals surface area contributed by atoms with Crippen LogP contribution in [0.3, 0.4) is 0 Å². The molecular weight excluding hydrogens is 266 g/mol. The number of nitrogens with one attached hydrogen (secondary N) is 1. The molecule has 0 amide bonds. The lowest BCUT2D eigenvalue weighted by Gasteiger charge is -2.27. The van der Waals surface area contributed by atoms with Crippen LogP contribution in [-0.4, -0.2) is 58.6 Å². The lowest BCUT2D eigenvalue weighted by Crippen LogP contribution is -2.51. The number of carbonyl (C=O) groups is 1. The first-order chi connectivity index (χ1) is 9.07. The Balaban J connectivity index is 2.54. The normalized spacial score (nSPS) is 28.3. The van der Waals surface area contributed by atoms with Crippen molar-refractivity contribution in [1.29, 1.82) is 0 Å². The Kier molecular flexibility index (Phi) is 7.13. The summed E-state index contributed by atoms with van der Waals surface area (Å²) in [5, 5.41) is 21.8. The van der Waals surface area contributed by atoms with Gasteiger partial charge in [-0.25, -0.2) is 0 Å². The molecule has 19 heavy (non-hydrogen) atoms. The highest BCUT2D eigenvalue weighted by atomic mass is 32.2. The number of esters is 1. The summed E-state index contributed by atoms with van der Waals surface area (Å²) in [4.78, 5) is 12.1. The molecule has 3 unspecified atom stereocenters. The van der Waals surface area contributed by atoms with Gasteiger partial charge in [0.2, 0.25) is 0 Å². The molecule has 0 saturated heterocycles. The minimum Gasteiger partial charge on any atom is -0.465 e. The molecule has 1 aliphatic carbocycles. The summed E-state index contributed by atoms with van der Waals surface area (Å²) >= 11 is 1.62. The summed E-state index contributed by atoms with van der Waals surface area (Å²) in [5.74, 6) is 0.342. The molecule has 0 aliphatic heterocycles. The number of thioether (sulfide) groups is 1. The number of likely N-dealkylation sites (N-methyl/N-ethyl adjacent to an activating group) is 1. The number of ether oxygens (including phenoxy) is 1. The quantitative estimate of drug-likeness (QED) is 0.566. The van der Waals surface area contributed by atoms with Gasteiger partial charge < -0.3 is 20.3 Å². The third-order valence-corrected chi connectivity index (χ3v) is 4.84. The van der Waals surface area contributed by atoms with Crippen molar-refractivity contribution in [3.05, 3.63) is 0 Å². The van der Waals surface area contributed by atoms with E-state index in [9.17, 15) is 9.90 Å². The van der Waals surface area contributed by atoms with Crippen molar-refractivity contribution in [2.24, 2.45) is 0 Å². The van der Waals surface area contributed by atoms with E-state index >= 15 is 0 Å². The van der Waals surface area contributed by atoms with Crippen molar-refractivity contribution in [3.8, 4) is 0 Å². The first-order valence-electron chi connectivity index (χ1n) is 6.90. The van der Waals surface area contributed by atoms with E-state index in [2.05, 4.69) is 5.32 Å². The molecule has 0 aromatic heterocycles. The summed E-state index contributed by atoms with van der Waals surface area (Å²) in [6, 6.07) is 0. The molecule has 0 radical (unpaired) electrons. The Morgan fingerprint density at radius 3 is 2.89 bits per heavy atom. The van der Waals surface area contributed by atoms with Gasteiger partial charge in [-0.1, -0.05) is 6.92 Å². The second-order valence-corrected chi connectivity index (χ2v) is 6.20. The minimum absolute atomic E-state index is 0.164. The second-order valence-electron chi connectivity index (χ2n) is 4.87. The Morgan fingerprint density at radius 2 is 2.32 bits per heavy atom. The third-order valence-electron chi connectivity index (χ3n) is 3.39. The van der Waals surface area contributed by atoms with E-state index < -0.39 is 11.6 Å². The molecule has 0 spiro atoms. The van der Waals surface area contributed by atoms with Gasteiger partial charge in [0.25, 0.3) is 0 Å². The van der Waals surface area contributed by atoms with Crippen LogP contribution in [0.4, 0.5) is 0 Å². The molecule has 3 N–H and O–H groups in total. The van der Waals surface area contributed by atoms with E-state index in [0.29, 0.717) is 17.6 Å². The predicted molar refractivity (Wildman–Crippen MR) is 76.2 cm³/mol. The Hall–Kier alpha value is -0.300. The zero-order valence-electron chi connectivity index (χ0n) is 11.7.